The van der Waals surface area contributed by atoms with E-state index in [0.29, 0.717) is 5.69 Å². The third kappa shape index (κ3) is 5.75. The molecule has 0 saturated carbocycles. The molecule has 0 amide bonds. The minimum Gasteiger partial charge on any atom is -0.475 e. The van der Waals surface area contributed by atoms with Gasteiger partial charge in [0.05, 0.1) is 18.1 Å². The number of alkyl halides is 3. The quantitative estimate of drug-likeness (QED) is 0.656. The molecule has 0 unspecified atom stereocenters. The topological polar surface area (TPSA) is 89.1 Å². The van der Waals surface area contributed by atoms with Crippen LogP contribution in [0.25, 0.3) is 0 Å². The van der Waals surface area contributed by atoms with E-state index < -0.39 is 12.1 Å². The lowest BCUT2D eigenvalue weighted by Gasteiger charge is -1.93. The van der Waals surface area contributed by atoms with Crippen LogP contribution in [0.1, 0.15) is 0 Å². The number of carboxylic acid groups (broad SMARTS) is 1. The smallest absolute Gasteiger partial charge is 0.475 e. The summed E-state index contributed by atoms with van der Waals surface area (Å²) in [7, 11) is 0. The molecule has 0 atom stereocenters. The average molecular weight is 209 g/mol. The highest BCUT2D eigenvalue weighted by molar-refractivity contribution is 5.73. The van der Waals surface area contributed by atoms with E-state index in [0.717, 1.165) is 0 Å². The molecule has 78 valence electrons. The molecule has 0 saturated heterocycles. The molecule has 8 heteroatoms. The Morgan fingerprint density at radius 1 is 1.43 bits per heavy atom. The number of rotatable bonds is 0. The summed E-state index contributed by atoms with van der Waals surface area (Å²) in [5, 5.41) is 14.1. The SMILES string of the molecule is Nc1ccnnc1.O=C(O)C(F)(F)F. The molecular formula is C6H6F3N3O2. The van der Waals surface area contributed by atoms with E-state index in [2.05, 4.69) is 10.2 Å². The van der Waals surface area contributed by atoms with Gasteiger partial charge in [0.2, 0.25) is 0 Å². The molecule has 0 bridgehead atoms. The predicted octanol–water partition coefficient (Wildman–Crippen LogP) is 0.692. The van der Waals surface area contributed by atoms with E-state index in [-0.39, 0.29) is 0 Å². The summed E-state index contributed by atoms with van der Waals surface area (Å²) < 4.78 is 31.7. The van der Waals surface area contributed by atoms with Crippen LogP contribution in [0.15, 0.2) is 18.5 Å². The van der Waals surface area contributed by atoms with Crippen molar-refractivity contribution in [3.05, 3.63) is 18.5 Å². The van der Waals surface area contributed by atoms with Crippen molar-refractivity contribution in [2.75, 3.05) is 5.73 Å². The van der Waals surface area contributed by atoms with Crippen LogP contribution >= 0.6 is 0 Å². The number of hydrogen-bond donors (Lipinski definition) is 2. The predicted molar refractivity (Wildman–Crippen MR) is 40.1 cm³/mol. The standard InChI is InChI=1S/C4H5N3.C2HF3O2/c5-4-1-2-6-7-3-4;3-2(4,5)1(6)7/h1-3H,(H2,5,6);(H,6,7). The van der Waals surface area contributed by atoms with Crippen LogP contribution in [0.2, 0.25) is 0 Å². The van der Waals surface area contributed by atoms with E-state index in [4.69, 9.17) is 15.6 Å². The van der Waals surface area contributed by atoms with Crippen molar-refractivity contribution in [1.29, 1.82) is 0 Å². The molecule has 14 heavy (non-hydrogen) atoms. The number of halogens is 3. The fourth-order valence-corrected chi connectivity index (χ4v) is 0.301. The summed E-state index contributed by atoms with van der Waals surface area (Å²) in [4.78, 5) is 8.90. The van der Waals surface area contributed by atoms with E-state index >= 15 is 0 Å². The highest BCUT2D eigenvalue weighted by Gasteiger charge is 2.38. The zero-order chi connectivity index (χ0) is 11.2. The van der Waals surface area contributed by atoms with Gasteiger partial charge in [0, 0.05) is 0 Å². The van der Waals surface area contributed by atoms with Crippen LogP contribution in [0.5, 0.6) is 0 Å². The Kier molecular flexibility index (Phi) is 4.33. The number of carbonyl (C=O) groups is 1. The average Bonchev–Trinajstić information content (AvgIpc) is 2.04. The maximum Gasteiger partial charge on any atom is 0.490 e. The molecule has 0 aromatic carbocycles. The largest absolute Gasteiger partial charge is 0.490 e. The van der Waals surface area contributed by atoms with E-state index in [1.807, 2.05) is 0 Å². The van der Waals surface area contributed by atoms with Crippen LogP contribution in [0.4, 0.5) is 18.9 Å². The number of nitrogen functional groups attached to an aromatic ring is 1. The molecule has 0 fully saturated rings. The summed E-state index contributed by atoms with van der Waals surface area (Å²) in [6.45, 7) is 0. The molecule has 0 radical (unpaired) electrons. The molecule has 1 rings (SSSR count). The summed E-state index contributed by atoms with van der Waals surface area (Å²) in [5.41, 5.74) is 5.90. The third-order valence-electron chi connectivity index (χ3n) is 0.850. The first kappa shape index (κ1) is 12.1. The van der Waals surface area contributed by atoms with Crippen molar-refractivity contribution in [2.45, 2.75) is 6.18 Å². The maximum absolute atomic E-state index is 10.6. The number of aromatic nitrogens is 2. The molecule has 5 nitrogen and oxygen atoms in total. The first-order chi connectivity index (χ1) is 6.34. The Morgan fingerprint density at radius 3 is 2.07 bits per heavy atom. The molecular weight excluding hydrogens is 203 g/mol. The molecule has 1 aromatic heterocycles. The minimum atomic E-state index is -5.08. The van der Waals surface area contributed by atoms with Crippen LogP contribution in [-0.4, -0.2) is 27.4 Å². The van der Waals surface area contributed by atoms with Crippen LogP contribution in [0.3, 0.4) is 0 Å². The van der Waals surface area contributed by atoms with E-state index in [1.54, 1.807) is 12.3 Å². The van der Waals surface area contributed by atoms with Gasteiger partial charge in [-0.1, -0.05) is 0 Å². The van der Waals surface area contributed by atoms with E-state index in [9.17, 15) is 13.2 Å². The van der Waals surface area contributed by atoms with Gasteiger partial charge >= 0.3 is 12.1 Å². The first-order valence-electron chi connectivity index (χ1n) is 3.16. The number of hydrogen-bond acceptors (Lipinski definition) is 4. The number of carboxylic acids is 1. The Hall–Kier alpha value is -1.86. The fourth-order valence-electron chi connectivity index (χ4n) is 0.301. The van der Waals surface area contributed by atoms with Crippen molar-refractivity contribution < 1.29 is 23.1 Å². The summed E-state index contributed by atoms with van der Waals surface area (Å²) >= 11 is 0. The second-order valence-corrected chi connectivity index (χ2v) is 1.98. The van der Waals surface area contributed by atoms with Crippen LogP contribution in [-0.2, 0) is 4.79 Å². The monoisotopic (exact) mass is 209 g/mol. The molecule has 1 aromatic rings. The van der Waals surface area contributed by atoms with Crippen molar-refractivity contribution >= 4 is 11.7 Å². The minimum absolute atomic E-state index is 0.648. The van der Waals surface area contributed by atoms with Crippen LogP contribution < -0.4 is 5.73 Å². The fraction of sp³-hybridized carbons (Fsp3) is 0.167. The summed E-state index contributed by atoms with van der Waals surface area (Å²) in [5.74, 6) is -2.76. The highest BCUT2D eigenvalue weighted by atomic mass is 19.4. The van der Waals surface area contributed by atoms with Gasteiger partial charge in [-0.2, -0.15) is 23.4 Å². The Bertz CT molecular complexity index is 288. The van der Waals surface area contributed by atoms with Crippen molar-refractivity contribution in [2.24, 2.45) is 0 Å². The highest BCUT2D eigenvalue weighted by Crippen LogP contribution is 2.13. The van der Waals surface area contributed by atoms with Gasteiger partial charge in [-0.25, -0.2) is 4.79 Å². The van der Waals surface area contributed by atoms with Crippen LogP contribution in [0, 0.1) is 0 Å². The normalized spacial score (nSPS) is 9.93. The number of nitrogens with zero attached hydrogens (tertiary/aromatic N) is 2. The first-order valence-corrected chi connectivity index (χ1v) is 3.16. The van der Waals surface area contributed by atoms with Gasteiger partial charge in [-0.15, -0.1) is 0 Å². The van der Waals surface area contributed by atoms with Gasteiger partial charge in [-0.05, 0) is 6.07 Å². The Labute approximate surface area is 76.4 Å². The third-order valence-corrected chi connectivity index (χ3v) is 0.850. The zero-order valence-electron chi connectivity index (χ0n) is 6.69. The molecule has 3 N–H and O–H groups in total. The Balaban J connectivity index is 0.000000241. The molecule has 0 aliphatic heterocycles. The molecule has 0 aliphatic carbocycles. The second-order valence-electron chi connectivity index (χ2n) is 1.98. The van der Waals surface area contributed by atoms with Crippen molar-refractivity contribution in [1.82, 2.24) is 10.2 Å². The van der Waals surface area contributed by atoms with Gasteiger partial charge < -0.3 is 10.8 Å². The lowest BCUT2D eigenvalue weighted by molar-refractivity contribution is -0.192. The number of anilines is 1. The number of aliphatic carboxylic acids is 1. The molecule has 1 heterocycles. The van der Waals surface area contributed by atoms with E-state index in [1.165, 1.54) is 6.20 Å². The van der Waals surface area contributed by atoms with Crippen molar-refractivity contribution in [3.8, 4) is 0 Å². The van der Waals surface area contributed by atoms with Gasteiger partial charge in [0.25, 0.3) is 0 Å². The molecule has 0 aliphatic rings. The van der Waals surface area contributed by atoms with Crippen molar-refractivity contribution in [3.63, 3.8) is 0 Å². The van der Waals surface area contributed by atoms with Gasteiger partial charge in [-0.3, -0.25) is 0 Å². The summed E-state index contributed by atoms with van der Waals surface area (Å²) in [6, 6.07) is 1.69. The van der Waals surface area contributed by atoms with Gasteiger partial charge in [0.1, 0.15) is 0 Å². The lowest BCUT2D eigenvalue weighted by atomic mass is 10.5. The number of nitrogens with two attached hydrogens (primary N) is 1. The lowest BCUT2D eigenvalue weighted by Crippen LogP contribution is -2.21. The zero-order valence-corrected chi connectivity index (χ0v) is 6.69. The second kappa shape index (κ2) is 5.00. The Morgan fingerprint density at radius 2 is 1.93 bits per heavy atom. The maximum atomic E-state index is 10.6. The summed E-state index contributed by atoms with van der Waals surface area (Å²) in [6.07, 6.45) is -2.03. The van der Waals surface area contributed by atoms with Gasteiger partial charge in [0.15, 0.2) is 0 Å². The molecule has 0 spiro atoms.